The predicted molar refractivity (Wildman–Crippen MR) is 79.8 cm³/mol. The molecule has 1 saturated carbocycles. The summed E-state index contributed by atoms with van der Waals surface area (Å²) in [6.45, 7) is 4.60. The molecule has 0 radical (unpaired) electrons. The van der Waals surface area contributed by atoms with Crippen molar-refractivity contribution in [2.24, 2.45) is 10.2 Å². The van der Waals surface area contributed by atoms with Crippen LogP contribution in [0.15, 0.2) is 10.2 Å². The van der Waals surface area contributed by atoms with E-state index in [1.807, 2.05) is 6.92 Å². The third kappa shape index (κ3) is 5.97. The molecule has 19 heavy (non-hydrogen) atoms. The Hall–Kier alpha value is -1.22. The molecule has 1 rings (SSSR count). The maximum Gasteiger partial charge on any atom is 0.168 e. The smallest absolute Gasteiger partial charge is 0.168 e. The van der Waals surface area contributed by atoms with E-state index < -0.39 is 5.66 Å². The Morgan fingerprint density at radius 3 is 2.74 bits per heavy atom. The Morgan fingerprint density at radius 1 is 1.47 bits per heavy atom. The van der Waals surface area contributed by atoms with Crippen LogP contribution in [0.4, 0.5) is 0 Å². The average molecular weight is 281 g/mol. The van der Waals surface area contributed by atoms with Crippen molar-refractivity contribution in [1.82, 2.24) is 10.6 Å². The molecule has 0 bridgehead atoms. The first-order valence-electron chi connectivity index (χ1n) is 6.94. The highest BCUT2D eigenvalue weighted by atomic mass is 32.1. The highest BCUT2D eigenvalue weighted by Crippen LogP contribution is 2.23. The topological polar surface area (TPSA) is 72.6 Å². The summed E-state index contributed by atoms with van der Waals surface area (Å²) in [5, 5.41) is 24.1. The molecule has 6 heteroatoms. The van der Waals surface area contributed by atoms with Gasteiger partial charge in [0.1, 0.15) is 5.66 Å². The van der Waals surface area contributed by atoms with Crippen LogP contribution in [0, 0.1) is 11.3 Å². The molecule has 0 aliphatic heterocycles. The van der Waals surface area contributed by atoms with E-state index in [4.69, 9.17) is 17.5 Å². The third-order valence-electron chi connectivity index (χ3n) is 3.36. The van der Waals surface area contributed by atoms with Crippen molar-refractivity contribution in [3.05, 3.63) is 0 Å². The van der Waals surface area contributed by atoms with Crippen molar-refractivity contribution in [3.63, 3.8) is 0 Å². The van der Waals surface area contributed by atoms with E-state index in [2.05, 4.69) is 33.9 Å². The zero-order valence-corrected chi connectivity index (χ0v) is 12.6. The van der Waals surface area contributed by atoms with Crippen LogP contribution < -0.4 is 10.6 Å². The lowest BCUT2D eigenvalue weighted by Crippen LogP contribution is -2.48. The van der Waals surface area contributed by atoms with Gasteiger partial charge in [0.2, 0.25) is 0 Å². The van der Waals surface area contributed by atoms with E-state index in [0.29, 0.717) is 24.1 Å². The van der Waals surface area contributed by atoms with Crippen LogP contribution in [0.2, 0.25) is 0 Å². The Kier molecular flexibility index (Phi) is 6.71. The number of azo groups is 1. The molecule has 0 aromatic rings. The van der Waals surface area contributed by atoms with Gasteiger partial charge in [-0.3, -0.25) is 0 Å². The maximum atomic E-state index is 8.48. The zero-order valence-electron chi connectivity index (χ0n) is 11.8. The van der Waals surface area contributed by atoms with Crippen molar-refractivity contribution in [1.29, 1.82) is 5.26 Å². The number of nitrogens with one attached hydrogen (secondary N) is 2. The van der Waals surface area contributed by atoms with Gasteiger partial charge in [0.05, 0.1) is 18.5 Å². The molecule has 1 aliphatic rings. The molecule has 0 spiro atoms. The van der Waals surface area contributed by atoms with Gasteiger partial charge in [-0.1, -0.05) is 19.8 Å². The van der Waals surface area contributed by atoms with E-state index in [0.717, 1.165) is 19.3 Å². The average Bonchev–Trinajstić information content (AvgIpc) is 2.90. The standard InChI is InChI=1S/C13H23N5S/c1-3-13(2,16-12(19)15-10-6-9-14)18-17-11-7-4-5-8-11/h11H,3-8,10H2,1-2H3,(H2,15,16,19)/b18-17+. The first-order chi connectivity index (χ1) is 9.09. The number of thiocarbonyl (C=S) groups is 1. The van der Waals surface area contributed by atoms with Crippen LogP contribution in [0.5, 0.6) is 0 Å². The van der Waals surface area contributed by atoms with Crippen molar-refractivity contribution < 1.29 is 0 Å². The van der Waals surface area contributed by atoms with Crippen LogP contribution in [-0.2, 0) is 0 Å². The Morgan fingerprint density at radius 2 is 2.16 bits per heavy atom. The minimum absolute atomic E-state index is 0.382. The van der Waals surface area contributed by atoms with Crippen LogP contribution in [0.1, 0.15) is 52.4 Å². The minimum Gasteiger partial charge on any atom is -0.362 e. The van der Waals surface area contributed by atoms with E-state index in [9.17, 15) is 0 Å². The molecule has 0 amide bonds. The fourth-order valence-corrected chi connectivity index (χ4v) is 2.26. The van der Waals surface area contributed by atoms with E-state index in [1.54, 1.807) is 0 Å². The number of rotatable bonds is 6. The van der Waals surface area contributed by atoms with Crippen LogP contribution >= 0.6 is 12.2 Å². The minimum atomic E-state index is -0.459. The molecule has 106 valence electrons. The molecule has 0 aromatic carbocycles. The number of hydrogen-bond donors (Lipinski definition) is 2. The molecule has 0 saturated heterocycles. The molecule has 0 aromatic heterocycles. The summed E-state index contributed by atoms with van der Waals surface area (Å²) in [4.78, 5) is 0. The fraction of sp³-hybridized carbons (Fsp3) is 0.846. The van der Waals surface area contributed by atoms with E-state index in [-0.39, 0.29) is 0 Å². The lowest BCUT2D eigenvalue weighted by atomic mass is 10.1. The summed E-state index contributed by atoms with van der Waals surface area (Å²) in [6.07, 6.45) is 6.06. The van der Waals surface area contributed by atoms with Gasteiger partial charge in [0, 0.05) is 6.54 Å². The highest BCUT2D eigenvalue weighted by Gasteiger charge is 2.23. The van der Waals surface area contributed by atoms with Gasteiger partial charge in [-0.15, -0.1) is 0 Å². The summed E-state index contributed by atoms with van der Waals surface area (Å²) < 4.78 is 0. The normalized spacial score (nSPS) is 19.0. The van der Waals surface area contributed by atoms with Crippen molar-refractivity contribution in [2.45, 2.75) is 64.1 Å². The molecule has 1 atom stereocenters. The van der Waals surface area contributed by atoms with Gasteiger partial charge in [-0.25, -0.2) is 0 Å². The summed E-state index contributed by atoms with van der Waals surface area (Å²) in [5.74, 6) is 0. The van der Waals surface area contributed by atoms with Gasteiger partial charge in [0.15, 0.2) is 5.11 Å². The third-order valence-corrected chi connectivity index (χ3v) is 3.61. The lowest BCUT2D eigenvalue weighted by Gasteiger charge is -2.26. The Labute approximate surface area is 120 Å². The first-order valence-corrected chi connectivity index (χ1v) is 7.35. The Bertz CT molecular complexity index is 357. The summed E-state index contributed by atoms with van der Waals surface area (Å²) >= 11 is 5.20. The maximum absolute atomic E-state index is 8.48. The molecular weight excluding hydrogens is 258 g/mol. The molecule has 1 unspecified atom stereocenters. The van der Waals surface area contributed by atoms with E-state index in [1.165, 1.54) is 12.8 Å². The second kappa shape index (κ2) is 8.05. The second-order valence-corrected chi connectivity index (χ2v) is 5.48. The number of nitrogens with zero attached hydrogens (tertiary/aromatic N) is 3. The fourth-order valence-electron chi connectivity index (χ4n) is 1.93. The van der Waals surface area contributed by atoms with Gasteiger partial charge in [-0.2, -0.15) is 15.5 Å². The van der Waals surface area contributed by atoms with Crippen molar-refractivity contribution >= 4 is 17.3 Å². The van der Waals surface area contributed by atoms with Crippen LogP contribution in [0.25, 0.3) is 0 Å². The highest BCUT2D eigenvalue weighted by molar-refractivity contribution is 7.80. The summed E-state index contributed by atoms with van der Waals surface area (Å²) in [6, 6.07) is 2.45. The number of nitriles is 1. The van der Waals surface area contributed by atoms with Crippen molar-refractivity contribution in [2.75, 3.05) is 6.54 Å². The molecule has 0 heterocycles. The van der Waals surface area contributed by atoms with Gasteiger partial charge in [-0.05, 0) is 38.4 Å². The molecule has 2 N–H and O–H groups in total. The molecule has 1 aliphatic carbocycles. The SMILES string of the molecule is CCC(C)(/N=N/C1CCCC1)NC(=S)NCCC#N. The monoisotopic (exact) mass is 281 g/mol. The van der Waals surface area contributed by atoms with Crippen LogP contribution in [-0.4, -0.2) is 23.4 Å². The first kappa shape index (κ1) is 15.8. The van der Waals surface area contributed by atoms with Crippen molar-refractivity contribution in [3.8, 4) is 6.07 Å². The second-order valence-electron chi connectivity index (χ2n) is 5.07. The van der Waals surface area contributed by atoms with Gasteiger partial charge in [0.25, 0.3) is 0 Å². The summed E-state index contributed by atoms with van der Waals surface area (Å²) in [7, 11) is 0. The molecule has 5 nitrogen and oxygen atoms in total. The molecule has 1 fully saturated rings. The van der Waals surface area contributed by atoms with Gasteiger partial charge >= 0.3 is 0 Å². The number of hydrogen-bond acceptors (Lipinski definition) is 4. The lowest BCUT2D eigenvalue weighted by molar-refractivity contribution is 0.386. The largest absolute Gasteiger partial charge is 0.362 e. The quantitative estimate of drug-likeness (QED) is 0.446. The van der Waals surface area contributed by atoms with E-state index >= 15 is 0 Å². The summed E-state index contributed by atoms with van der Waals surface area (Å²) in [5.41, 5.74) is -0.459. The predicted octanol–water partition coefficient (Wildman–Crippen LogP) is 2.89. The Balaban J connectivity index is 2.44. The zero-order chi connectivity index (χ0) is 14.1. The van der Waals surface area contributed by atoms with Crippen LogP contribution in [0.3, 0.4) is 0 Å². The molecular formula is C13H23N5S. The van der Waals surface area contributed by atoms with Gasteiger partial charge < -0.3 is 10.6 Å².